The van der Waals surface area contributed by atoms with E-state index >= 15 is 0 Å². The minimum atomic E-state index is 0.726. The monoisotopic (exact) mass is 182 g/mol. The highest BCUT2D eigenvalue weighted by molar-refractivity contribution is 4.86. The molecule has 2 fully saturated rings. The molecule has 0 aromatic rings. The minimum absolute atomic E-state index is 0.726. The third-order valence-corrected chi connectivity index (χ3v) is 3.78. The Labute approximate surface area is 81.5 Å². The molecule has 2 heteroatoms. The Bertz CT molecular complexity index is 169. The summed E-state index contributed by atoms with van der Waals surface area (Å²) in [5.41, 5.74) is 0. The van der Waals surface area contributed by atoms with Crippen molar-refractivity contribution in [2.45, 2.75) is 32.7 Å². The highest BCUT2D eigenvalue weighted by Crippen LogP contribution is 2.36. The predicted molar refractivity (Wildman–Crippen MR) is 55.7 cm³/mol. The van der Waals surface area contributed by atoms with Crippen molar-refractivity contribution in [3.05, 3.63) is 0 Å². The van der Waals surface area contributed by atoms with Gasteiger partial charge in [0.1, 0.15) is 0 Å². The van der Waals surface area contributed by atoms with Gasteiger partial charge in [-0.25, -0.2) is 0 Å². The Morgan fingerprint density at radius 2 is 1.92 bits per heavy atom. The van der Waals surface area contributed by atoms with Crippen molar-refractivity contribution < 1.29 is 0 Å². The quantitative estimate of drug-likeness (QED) is 0.683. The van der Waals surface area contributed by atoms with Crippen molar-refractivity contribution in [3.63, 3.8) is 0 Å². The Morgan fingerprint density at radius 3 is 2.46 bits per heavy atom. The first kappa shape index (κ1) is 9.47. The zero-order valence-electron chi connectivity index (χ0n) is 8.84. The number of rotatable bonds is 4. The lowest BCUT2D eigenvalue weighted by atomic mass is 10.0. The molecule has 0 bridgehead atoms. The lowest BCUT2D eigenvalue weighted by Crippen LogP contribution is -2.32. The van der Waals surface area contributed by atoms with Gasteiger partial charge in [-0.2, -0.15) is 0 Å². The van der Waals surface area contributed by atoms with Crippen LogP contribution in [-0.4, -0.2) is 25.7 Å². The molecule has 76 valence electrons. The number of nitrogens with one attached hydrogen (secondary N) is 2. The van der Waals surface area contributed by atoms with E-state index in [1.54, 1.807) is 0 Å². The largest absolute Gasteiger partial charge is 0.316 e. The number of hydrogen-bond acceptors (Lipinski definition) is 2. The first-order chi connectivity index (χ1) is 6.27. The smallest absolute Gasteiger partial charge is 0.00795 e. The van der Waals surface area contributed by atoms with Crippen molar-refractivity contribution in [1.82, 2.24) is 10.6 Å². The first-order valence-electron chi connectivity index (χ1n) is 5.71. The zero-order valence-corrected chi connectivity index (χ0v) is 8.84. The molecule has 13 heavy (non-hydrogen) atoms. The van der Waals surface area contributed by atoms with E-state index in [1.165, 1.54) is 32.5 Å². The molecule has 1 aliphatic heterocycles. The molecule has 0 aromatic heterocycles. The van der Waals surface area contributed by atoms with E-state index in [1.807, 2.05) is 0 Å². The molecule has 0 radical (unpaired) electrons. The highest BCUT2D eigenvalue weighted by atomic mass is 15.0. The Kier molecular flexibility index (Phi) is 2.89. The molecule has 2 N–H and O–H groups in total. The predicted octanol–water partition coefficient (Wildman–Crippen LogP) is 1.23. The third-order valence-electron chi connectivity index (χ3n) is 3.78. The summed E-state index contributed by atoms with van der Waals surface area (Å²) in [7, 11) is 0. The van der Waals surface area contributed by atoms with Crippen LogP contribution in [0.3, 0.4) is 0 Å². The van der Waals surface area contributed by atoms with Crippen molar-refractivity contribution in [1.29, 1.82) is 0 Å². The lowest BCUT2D eigenvalue weighted by Gasteiger charge is -2.15. The minimum Gasteiger partial charge on any atom is -0.316 e. The fourth-order valence-electron chi connectivity index (χ4n) is 2.33. The van der Waals surface area contributed by atoms with Crippen LogP contribution < -0.4 is 10.6 Å². The summed E-state index contributed by atoms with van der Waals surface area (Å²) in [6.07, 6.45) is 2.81. The molecule has 0 spiro atoms. The Hall–Kier alpha value is -0.0800. The van der Waals surface area contributed by atoms with Gasteiger partial charge in [0.15, 0.2) is 0 Å². The molecular weight excluding hydrogens is 160 g/mol. The van der Waals surface area contributed by atoms with Gasteiger partial charge in [-0.15, -0.1) is 0 Å². The molecule has 0 amide bonds. The second kappa shape index (κ2) is 3.97. The summed E-state index contributed by atoms with van der Waals surface area (Å²) < 4.78 is 0. The van der Waals surface area contributed by atoms with Crippen LogP contribution in [0.1, 0.15) is 26.7 Å². The highest BCUT2D eigenvalue weighted by Gasteiger charge is 2.32. The molecule has 0 aromatic carbocycles. The van der Waals surface area contributed by atoms with Crippen LogP contribution in [0, 0.1) is 17.8 Å². The van der Waals surface area contributed by atoms with Crippen LogP contribution in [0.5, 0.6) is 0 Å². The van der Waals surface area contributed by atoms with Crippen molar-refractivity contribution >= 4 is 0 Å². The van der Waals surface area contributed by atoms with E-state index in [0.717, 1.165) is 23.8 Å². The van der Waals surface area contributed by atoms with Gasteiger partial charge in [0, 0.05) is 6.04 Å². The average molecular weight is 182 g/mol. The van der Waals surface area contributed by atoms with E-state index < -0.39 is 0 Å². The van der Waals surface area contributed by atoms with E-state index in [4.69, 9.17) is 0 Å². The van der Waals surface area contributed by atoms with E-state index in [-0.39, 0.29) is 0 Å². The fraction of sp³-hybridized carbons (Fsp3) is 1.00. The van der Waals surface area contributed by atoms with Crippen molar-refractivity contribution in [3.8, 4) is 0 Å². The summed E-state index contributed by atoms with van der Waals surface area (Å²) >= 11 is 0. The molecule has 1 aliphatic carbocycles. The van der Waals surface area contributed by atoms with Crippen molar-refractivity contribution in [2.75, 3.05) is 19.6 Å². The van der Waals surface area contributed by atoms with E-state index in [0.29, 0.717) is 0 Å². The SMILES string of the molecule is CC1CC1CNCC1CCNC1C. The molecule has 1 saturated carbocycles. The fourth-order valence-corrected chi connectivity index (χ4v) is 2.33. The van der Waals surface area contributed by atoms with Crippen LogP contribution in [0.15, 0.2) is 0 Å². The van der Waals surface area contributed by atoms with Gasteiger partial charge in [0.2, 0.25) is 0 Å². The molecule has 2 nitrogen and oxygen atoms in total. The van der Waals surface area contributed by atoms with Gasteiger partial charge in [-0.05, 0) is 57.2 Å². The van der Waals surface area contributed by atoms with Gasteiger partial charge in [-0.3, -0.25) is 0 Å². The van der Waals surface area contributed by atoms with Gasteiger partial charge < -0.3 is 10.6 Å². The molecule has 2 rings (SSSR count). The van der Waals surface area contributed by atoms with Gasteiger partial charge >= 0.3 is 0 Å². The second-order valence-electron chi connectivity index (χ2n) is 4.92. The maximum Gasteiger partial charge on any atom is 0.00795 e. The summed E-state index contributed by atoms with van der Waals surface area (Å²) in [4.78, 5) is 0. The van der Waals surface area contributed by atoms with E-state index in [2.05, 4.69) is 24.5 Å². The maximum atomic E-state index is 3.61. The third kappa shape index (κ3) is 2.44. The Morgan fingerprint density at radius 1 is 1.23 bits per heavy atom. The summed E-state index contributed by atoms with van der Waals surface area (Å²) in [5.74, 6) is 2.85. The average Bonchev–Trinajstić information content (AvgIpc) is 2.63. The summed E-state index contributed by atoms with van der Waals surface area (Å²) in [6.45, 7) is 8.35. The molecule has 1 saturated heterocycles. The second-order valence-corrected chi connectivity index (χ2v) is 4.92. The lowest BCUT2D eigenvalue weighted by molar-refractivity contribution is 0.433. The molecule has 4 atom stereocenters. The molecule has 1 heterocycles. The standard InChI is InChI=1S/C11H22N2/c1-8-5-11(8)7-12-6-10-3-4-13-9(10)2/h8-13H,3-7H2,1-2H3. The first-order valence-corrected chi connectivity index (χ1v) is 5.71. The van der Waals surface area contributed by atoms with Crippen LogP contribution >= 0.6 is 0 Å². The van der Waals surface area contributed by atoms with Crippen LogP contribution in [0.4, 0.5) is 0 Å². The topological polar surface area (TPSA) is 24.1 Å². The summed E-state index contributed by atoms with van der Waals surface area (Å²) in [6, 6.07) is 0.726. The normalized spacial score (nSPS) is 43.8. The summed E-state index contributed by atoms with van der Waals surface area (Å²) in [5, 5.41) is 7.10. The maximum absolute atomic E-state index is 3.61. The van der Waals surface area contributed by atoms with Crippen molar-refractivity contribution in [2.24, 2.45) is 17.8 Å². The number of hydrogen-bond donors (Lipinski definition) is 2. The molecule has 2 aliphatic rings. The van der Waals surface area contributed by atoms with Gasteiger partial charge in [-0.1, -0.05) is 6.92 Å². The molecule has 4 unspecified atom stereocenters. The molecular formula is C11H22N2. The van der Waals surface area contributed by atoms with Crippen LogP contribution in [0.2, 0.25) is 0 Å². The van der Waals surface area contributed by atoms with Crippen LogP contribution in [-0.2, 0) is 0 Å². The van der Waals surface area contributed by atoms with Gasteiger partial charge in [0.05, 0.1) is 0 Å². The van der Waals surface area contributed by atoms with Crippen LogP contribution in [0.25, 0.3) is 0 Å². The zero-order chi connectivity index (χ0) is 9.26. The van der Waals surface area contributed by atoms with E-state index in [9.17, 15) is 0 Å². The Balaban J connectivity index is 1.57. The van der Waals surface area contributed by atoms with Gasteiger partial charge in [0.25, 0.3) is 0 Å².